The molecule has 0 spiro atoms. The van der Waals surface area contributed by atoms with Crippen LogP contribution in [-0.4, -0.2) is 20.0 Å². The average Bonchev–Trinajstić information content (AvgIpc) is 2.35. The molecular weight excluding hydrogens is 220 g/mol. The van der Waals surface area contributed by atoms with Crippen LogP contribution in [0.4, 0.5) is 0 Å². The van der Waals surface area contributed by atoms with Gasteiger partial charge in [-0.15, -0.1) is 11.8 Å². The minimum absolute atomic E-state index is 0.214. The quantitative estimate of drug-likeness (QED) is 0.332. The van der Waals surface area contributed by atoms with Crippen LogP contribution in [0.1, 0.15) is 24.4 Å². The molecule has 1 unspecified atom stereocenters. The molecule has 1 atom stereocenters. The monoisotopic (exact) mass is 240 g/mol. The number of rotatable bonds is 7. The van der Waals surface area contributed by atoms with Crippen LogP contribution in [0.15, 0.2) is 29.2 Å². The summed E-state index contributed by atoms with van der Waals surface area (Å²) in [6, 6.07) is 8.72. The minimum atomic E-state index is 0.214. The average molecular weight is 240 g/mol. The Hall–Kier alpha value is -0.550. The zero-order valence-electron chi connectivity index (χ0n) is 9.90. The van der Waals surface area contributed by atoms with Crippen LogP contribution in [0.2, 0.25) is 0 Å². The second-order valence-corrected chi connectivity index (χ2v) is 4.51. The standard InChI is InChI=1S/C12H20N2OS/c1-15-9-3-4-12(14-13)10-5-7-11(16-2)8-6-10/h5-8,12,14H,3-4,9,13H2,1-2H3. The lowest BCUT2D eigenvalue weighted by Gasteiger charge is -2.16. The molecule has 0 aliphatic rings. The number of methoxy groups -OCH3 is 1. The summed E-state index contributed by atoms with van der Waals surface area (Å²) < 4.78 is 5.04. The van der Waals surface area contributed by atoms with Crippen LogP contribution in [0, 0.1) is 0 Å². The van der Waals surface area contributed by atoms with Gasteiger partial charge in [0.05, 0.1) is 0 Å². The van der Waals surface area contributed by atoms with Crippen molar-refractivity contribution in [2.75, 3.05) is 20.0 Å². The van der Waals surface area contributed by atoms with E-state index in [9.17, 15) is 0 Å². The normalized spacial score (nSPS) is 12.7. The highest BCUT2D eigenvalue weighted by Crippen LogP contribution is 2.21. The van der Waals surface area contributed by atoms with Crippen LogP contribution in [-0.2, 0) is 4.74 Å². The van der Waals surface area contributed by atoms with E-state index in [1.54, 1.807) is 18.9 Å². The number of benzene rings is 1. The molecule has 0 aliphatic heterocycles. The summed E-state index contributed by atoms with van der Waals surface area (Å²) in [7, 11) is 1.72. The van der Waals surface area contributed by atoms with E-state index in [0.29, 0.717) is 0 Å². The molecular formula is C12H20N2OS. The van der Waals surface area contributed by atoms with Crippen molar-refractivity contribution in [3.05, 3.63) is 29.8 Å². The molecule has 3 N–H and O–H groups in total. The Morgan fingerprint density at radius 3 is 2.56 bits per heavy atom. The lowest BCUT2D eigenvalue weighted by Crippen LogP contribution is -2.28. The van der Waals surface area contributed by atoms with Gasteiger partial charge in [0, 0.05) is 24.7 Å². The third-order valence-corrected chi connectivity index (χ3v) is 3.30. The van der Waals surface area contributed by atoms with Gasteiger partial charge in [-0.1, -0.05) is 12.1 Å². The lowest BCUT2D eigenvalue weighted by molar-refractivity contribution is 0.189. The van der Waals surface area contributed by atoms with E-state index in [4.69, 9.17) is 10.6 Å². The first-order chi connectivity index (χ1) is 7.81. The molecule has 0 bridgehead atoms. The maximum absolute atomic E-state index is 5.56. The molecule has 0 saturated heterocycles. The largest absolute Gasteiger partial charge is 0.385 e. The second kappa shape index (κ2) is 7.68. The molecule has 4 heteroatoms. The fourth-order valence-corrected chi connectivity index (χ4v) is 2.02. The van der Waals surface area contributed by atoms with Gasteiger partial charge in [0.1, 0.15) is 0 Å². The smallest absolute Gasteiger partial charge is 0.0462 e. The number of hydrogen-bond acceptors (Lipinski definition) is 4. The van der Waals surface area contributed by atoms with Gasteiger partial charge >= 0.3 is 0 Å². The third-order valence-electron chi connectivity index (χ3n) is 2.56. The molecule has 16 heavy (non-hydrogen) atoms. The summed E-state index contributed by atoms with van der Waals surface area (Å²) in [6.45, 7) is 0.779. The first kappa shape index (κ1) is 13.5. The lowest BCUT2D eigenvalue weighted by atomic mass is 10.0. The number of thioether (sulfide) groups is 1. The van der Waals surface area contributed by atoms with Gasteiger partial charge in [-0.2, -0.15) is 0 Å². The highest BCUT2D eigenvalue weighted by Gasteiger charge is 2.08. The van der Waals surface area contributed by atoms with Crippen LogP contribution >= 0.6 is 11.8 Å². The summed E-state index contributed by atoms with van der Waals surface area (Å²) in [5, 5.41) is 0. The topological polar surface area (TPSA) is 47.3 Å². The Morgan fingerprint density at radius 1 is 1.38 bits per heavy atom. The van der Waals surface area contributed by atoms with Crippen molar-refractivity contribution in [3.8, 4) is 0 Å². The number of nitrogens with two attached hydrogens (primary N) is 1. The van der Waals surface area contributed by atoms with Gasteiger partial charge in [0.2, 0.25) is 0 Å². The van der Waals surface area contributed by atoms with Crippen LogP contribution in [0.3, 0.4) is 0 Å². The van der Waals surface area contributed by atoms with Crippen molar-refractivity contribution >= 4 is 11.8 Å². The SMILES string of the molecule is COCCCC(NN)c1ccc(SC)cc1. The van der Waals surface area contributed by atoms with Crippen molar-refractivity contribution in [2.24, 2.45) is 5.84 Å². The second-order valence-electron chi connectivity index (χ2n) is 3.63. The van der Waals surface area contributed by atoms with E-state index in [1.165, 1.54) is 10.5 Å². The van der Waals surface area contributed by atoms with E-state index in [0.717, 1.165) is 19.4 Å². The molecule has 90 valence electrons. The van der Waals surface area contributed by atoms with Crippen molar-refractivity contribution in [1.29, 1.82) is 0 Å². The predicted molar refractivity (Wildman–Crippen MR) is 69.4 cm³/mol. The summed E-state index contributed by atoms with van der Waals surface area (Å²) in [5.41, 5.74) is 4.09. The molecule has 1 aromatic carbocycles. The summed E-state index contributed by atoms with van der Waals surface area (Å²) in [5.74, 6) is 5.56. The van der Waals surface area contributed by atoms with E-state index < -0.39 is 0 Å². The highest BCUT2D eigenvalue weighted by molar-refractivity contribution is 7.98. The summed E-state index contributed by atoms with van der Waals surface area (Å²) in [6.07, 6.45) is 4.07. The van der Waals surface area contributed by atoms with Crippen molar-refractivity contribution < 1.29 is 4.74 Å². The molecule has 1 aromatic rings. The van der Waals surface area contributed by atoms with Crippen molar-refractivity contribution in [2.45, 2.75) is 23.8 Å². The van der Waals surface area contributed by atoms with Gasteiger partial charge in [-0.25, -0.2) is 0 Å². The maximum Gasteiger partial charge on any atom is 0.0462 e. The molecule has 0 radical (unpaired) electrons. The molecule has 0 aromatic heterocycles. The van der Waals surface area contributed by atoms with Gasteiger partial charge in [0.25, 0.3) is 0 Å². The molecule has 0 aliphatic carbocycles. The Morgan fingerprint density at radius 2 is 2.06 bits per heavy atom. The van der Waals surface area contributed by atoms with Crippen LogP contribution in [0.5, 0.6) is 0 Å². The maximum atomic E-state index is 5.56. The Labute approximate surface area is 102 Å². The number of nitrogens with one attached hydrogen (secondary N) is 1. The number of hydrazine groups is 1. The Kier molecular flexibility index (Phi) is 6.49. The van der Waals surface area contributed by atoms with Crippen LogP contribution in [0.25, 0.3) is 0 Å². The molecule has 0 heterocycles. The van der Waals surface area contributed by atoms with Gasteiger partial charge in [0.15, 0.2) is 0 Å². The minimum Gasteiger partial charge on any atom is -0.385 e. The van der Waals surface area contributed by atoms with Gasteiger partial charge in [-0.3, -0.25) is 11.3 Å². The van der Waals surface area contributed by atoms with Crippen molar-refractivity contribution in [3.63, 3.8) is 0 Å². The number of hydrogen-bond donors (Lipinski definition) is 2. The van der Waals surface area contributed by atoms with Crippen LogP contribution < -0.4 is 11.3 Å². The van der Waals surface area contributed by atoms with Gasteiger partial charge < -0.3 is 4.74 Å². The van der Waals surface area contributed by atoms with E-state index in [1.807, 2.05) is 0 Å². The Bertz CT molecular complexity index is 290. The van der Waals surface area contributed by atoms with E-state index >= 15 is 0 Å². The highest BCUT2D eigenvalue weighted by atomic mass is 32.2. The first-order valence-electron chi connectivity index (χ1n) is 5.40. The fraction of sp³-hybridized carbons (Fsp3) is 0.500. The zero-order valence-corrected chi connectivity index (χ0v) is 10.7. The molecule has 0 fully saturated rings. The predicted octanol–water partition coefficient (Wildman–Crippen LogP) is 2.34. The van der Waals surface area contributed by atoms with E-state index in [-0.39, 0.29) is 6.04 Å². The summed E-state index contributed by atoms with van der Waals surface area (Å²) >= 11 is 1.75. The zero-order chi connectivity index (χ0) is 11.8. The molecule has 0 saturated carbocycles. The third kappa shape index (κ3) is 4.14. The first-order valence-corrected chi connectivity index (χ1v) is 6.63. The number of ether oxygens (including phenoxy) is 1. The summed E-state index contributed by atoms with van der Waals surface area (Å²) in [4.78, 5) is 1.27. The van der Waals surface area contributed by atoms with Gasteiger partial charge in [-0.05, 0) is 36.8 Å². The molecule has 3 nitrogen and oxygen atoms in total. The Balaban J connectivity index is 2.56. The molecule has 0 amide bonds. The van der Waals surface area contributed by atoms with E-state index in [2.05, 4.69) is 35.9 Å². The molecule has 1 rings (SSSR count). The van der Waals surface area contributed by atoms with Crippen molar-refractivity contribution in [1.82, 2.24) is 5.43 Å². The fourth-order valence-electron chi connectivity index (χ4n) is 1.61.